The van der Waals surface area contributed by atoms with Gasteiger partial charge in [0.15, 0.2) is 23.0 Å². The van der Waals surface area contributed by atoms with Gasteiger partial charge in [-0.1, -0.05) is 0 Å². The van der Waals surface area contributed by atoms with E-state index in [2.05, 4.69) is 0 Å². The van der Waals surface area contributed by atoms with Gasteiger partial charge in [-0.15, -0.1) is 0 Å². The molecule has 2 heterocycles. The van der Waals surface area contributed by atoms with Gasteiger partial charge < -0.3 is 54.7 Å². The van der Waals surface area contributed by atoms with Gasteiger partial charge in [0.1, 0.15) is 40.8 Å². The van der Waals surface area contributed by atoms with Crippen molar-refractivity contribution in [2.45, 2.75) is 24.6 Å². The Hall–Kier alpha value is -3.71. The number of rotatable bonds is 3. The Kier molecular flexibility index (Phi) is 5.22. The largest absolute Gasteiger partial charge is 0.508 e. The van der Waals surface area contributed by atoms with E-state index in [0.29, 0.717) is 0 Å². The highest BCUT2D eigenvalue weighted by Crippen LogP contribution is 2.42. The fourth-order valence-corrected chi connectivity index (χ4v) is 3.30. The van der Waals surface area contributed by atoms with Crippen LogP contribution in [0.2, 0.25) is 0 Å². The summed E-state index contributed by atoms with van der Waals surface area (Å²) in [4.78, 5) is 13.2. The van der Waals surface area contributed by atoms with Gasteiger partial charge in [-0.3, -0.25) is 4.79 Å². The molecule has 0 bridgehead atoms. The van der Waals surface area contributed by atoms with Crippen molar-refractivity contribution >= 4 is 11.0 Å². The second kappa shape index (κ2) is 7.76. The quantitative estimate of drug-likeness (QED) is 0.244. The third-order valence-corrected chi connectivity index (χ3v) is 4.94. The smallest absolute Gasteiger partial charge is 0.239 e. The lowest BCUT2D eigenvalue weighted by Crippen LogP contribution is -2.55. The summed E-state index contributed by atoms with van der Waals surface area (Å²) in [6.45, 7) is -0.433. The Morgan fingerprint density at radius 2 is 1.53 bits per heavy atom. The molecule has 0 spiro atoms. The first-order chi connectivity index (χ1) is 15.1. The Balaban J connectivity index is 1.95. The van der Waals surface area contributed by atoms with Crippen molar-refractivity contribution in [3.63, 3.8) is 0 Å². The minimum atomic E-state index is -1.78. The number of phenolic OH excluding ortho intramolecular Hbond substituents is 5. The van der Waals surface area contributed by atoms with E-state index >= 15 is 0 Å². The highest BCUT2D eigenvalue weighted by molar-refractivity contribution is 5.88. The van der Waals surface area contributed by atoms with E-state index in [1.54, 1.807) is 0 Å². The average molecular weight is 450 g/mol. The lowest BCUT2D eigenvalue weighted by Gasteiger charge is -2.34. The topological polar surface area (TPSA) is 211 Å². The average Bonchev–Trinajstić information content (AvgIpc) is 2.72. The molecule has 0 aliphatic carbocycles. The van der Waals surface area contributed by atoms with Crippen molar-refractivity contribution in [1.29, 1.82) is 0 Å². The van der Waals surface area contributed by atoms with E-state index in [4.69, 9.17) is 13.9 Å². The summed E-state index contributed by atoms with van der Waals surface area (Å²) in [5, 5.41) is 78.4. The normalized spacial score (nSPS) is 23.3. The van der Waals surface area contributed by atoms with E-state index in [1.165, 1.54) is 0 Å². The van der Waals surface area contributed by atoms with Crippen molar-refractivity contribution in [1.82, 2.24) is 0 Å². The van der Waals surface area contributed by atoms with Crippen LogP contribution in [0.4, 0.5) is 0 Å². The number of fused-ring (bicyclic) bond motifs is 1. The molecule has 170 valence electrons. The van der Waals surface area contributed by atoms with E-state index in [1.807, 2.05) is 0 Å². The molecular formula is C20H18O12. The van der Waals surface area contributed by atoms with Crippen molar-refractivity contribution < 1.29 is 54.7 Å². The van der Waals surface area contributed by atoms with Gasteiger partial charge in [-0.2, -0.15) is 0 Å². The second-order valence-corrected chi connectivity index (χ2v) is 7.16. The standard InChI is InChI=1S/C20H18O12/c21-7-3-8(22)13-12(4-7)31-18(6-1-9(23)14(26)10(24)2-6)19(16(13)28)32-20-17(29)15(27)11(25)5-30-20/h1-4,11,15,17,20-27,29H,5H2/t11-,15-,17+,20-/m0/s1. The molecule has 1 saturated heterocycles. The van der Waals surface area contributed by atoms with Gasteiger partial charge in [0.25, 0.3) is 0 Å². The predicted octanol–water partition coefficient (Wildman–Crippen LogP) is -0.194. The number of aliphatic hydroxyl groups is 3. The molecule has 2 aromatic carbocycles. The lowest BCUT2D eigenvalue weighted by atomic mass is 10.1. The molecule has 12 nitrogen and oxygen atoms in total. The maximum atomic E-state index is 13.2. The van der Waals surface area contributed by atoms with Gasteiger partial charge in [0.2, 0.25) is 17.5 Å². The summed E-state index contributed by atoms with van der Waals surface area (Å²) < 4.78 is 16.2. The third kappa shape index (κ3) is 3.50. The molecule has 1 fully saturated rings. The van der Waals surface area contributed by atoms with Crippen LogP contribution in [0.5, 0.6) is 34.5 Å². The van der Waals surface area contributed by atoms with E-state index in [0.717, 1.165) is 24.3 Å². The molecule has 1 aromatic heterocycles. The van der Waals surface area contributed by atoms with Gasteiger partial charge in [0.05, 0.1) is 6.61 Å². The van der Waals surface area contributed by atoms with Gasteiger partial charge >= 0.3 is 0 Å². The zero-order valence-electron chi connectivity index (χ0n) is 16.0. The minimum absolute atomic E-state index is 0.166. The maximum absolute atomic E-state index is 13.2. The van der Waals surface area contributed by atoms with Crippen LogP contribution < -0.4 is 10.2 Å². The van der Waals surface area contributed by atoms with Crippen molar-refractivity contribution in [2.75, 3.05) is 6.61 Å². The monoisotopic (exact) mass is 450 g/mol. The van der Waals surface area contributed by atoms with Crippen LogP contribution in [0, 0.1) is 0 Å². The van der Waals surface area contributed by atoms with Crippen molar-refractivity contribution in [3.8, 4) is 45.8 Å². The first-order valence-corrected chi connectivity index (χ1v) is 9.19. The summed E-state index contributed by atoms with van der Waals surface area (Å²) in [5.41, 5.74) is -1.44. The summed E-state index contributed by atoms with van der Waals surface area (Å²) >= 11 is 0. The number of phenols is 5. The Morgan fingerprint density at radius 1 is 0.875 bits per heavy atom. The first kappa shape index (κ1) is 21.5. The molecule has 0 saturated carbocycles. The highest BCUT2D eigenvalue weighted by atomic mass is 16.7. The second-order valence-electron chi connectivity index (χ2n) is 7.16. The summed E-state index contributed by atoms with van der Waals surface area (Å²) in [5.74, 6) is -4.54. The van der Waals surface area contributed by atoms with Gasteiger partial charge in [-0.05, 0) is 12.1 Å². The lowest BCUT2D eigenvalue weighted by molar-refractivity contribution is -0.242. The Labute approximate surface area is 178 Å². The number of benzene rings is 2. The minimum Gasteiger partial charge on any atom is -0.508 e. The van der Waals surface area contributed by atoms with Crippen LogP contribution in [-0.2, 0) is 4.74 Å². The number of hydrogen-bond acceptors (Lipinski definition) is 12. The molecule has 32 heavy (non-hydrogen) atoms. The number of aromatic hydroxyl groups is 5. The summed E-state index contributed by atoms with van der Waals surface area (Å²) in [7, 11) is 0. The predicted molar refractivity (Wildman–Crippen MR) is 105 cm³/mol. The molecule has 4 rings (SSSR count). The molecule has 8 N–H and O–H groups in total. The molecular weight excluding hydrogens is 432 g/mol. The van der Waals surface area contributed by atoms with Crippen LogP contribution in [0.25, 0.3) is 22.3 Å². The highest BCUT2D eigenvalue weighted by Gasteiger charge is 2.40. The molecule has 0 amide bonds. The van der Waals surface area contributed by atoms with Crippen LogP contribution in [0.1, 0.15) is 0 Å². The zero-order valence-corrected chi connectivity index (χ0v) is 16.0. The van der Waals surface area contributed by atoms with E-state index in [9.17, 15) is 45.6 Å². The number of aliphatic hydroxyl groups excluding tert-OH is 3. The molecule has 4 atom stereocenters. The zero-order chi connectivity index (χ0) is 23.3. The Bertz CT molecular complexity index is 1230. The SMILES string of the molecule is O=c1c(O[C@@H]2OC[C@H](O)[C@H](O)[C@H]2O)c(-c2cc(O)c(O)c(O)c2)oc2cc(O)cc(O)c12. The van der Waals surface area contributed by atoms with Crippen LogP contribution >= 0.6 is 0 Å². The fourth-order valence-electron chi connectivity index (χ4n) is 3.30. The van der Waals surface area contributed by atoms with Gasteiger partial charge in [-0.25, -0.2) is 0 Å². The number of hydrogen-bond donors (Lipinski definition) is 8. The Morgan fingerprint density at radius 3 is 2.19 bits per heavy atom. The summed E-state index contributed by atoms with van der Waals surface area (Å²) in [6, 6.07) is 3.78. The van der Waals surface area contributed by atoms with Gasteiger partial charge in [0, 0.05) is 17.7 Å². The van der Waals surface area contributed by atoms with E-state index in [-0.39, 0.29) is 11.1 Å². The molecule has 1 aliphatic rings. The maximum Gasteiger partial charge on any atom is 0.239 e. The van der Waals surface area contributed by atoms with Crippen LogP contribution in [0.15, 0.2) is 33.5 Å². The molecule has 1 aliphatic heterocycles. The molecule has 0 radical (unpaired) electrons. The van der Waals surface area contributed by atoms with Crippen molar-refractivity contribution in [2.24, 2.45) is 0 Å². The van der Waals surface area contributed by atoms with Crippen molar-refractivity contribution in [3.05, 3.63) is 34.5 Å². The fraction of sp³-hybridized carbons (Fsp3) is 0.250. The molecule has 3 aromatic rings. The molecule has 12 heteroatoms. The van der Waals surface area contributed by atoms with Crippen LogP contribution in [-0.4, -0.2) is 72.1 Å². The first-order valence-electron chi connectivity index (χ1n) is 9.19. The summed E-state index contributed by atoms with van der Waals surface area (Å²) in [6.07, 6.45) is -6.49. The molecule has 0 unspecified atom stereocenters. The third-order valence-electron chi connectivity index (χ3n) is 4.94. The van der Waals surface area contributed by atoms with E-state index < -0.39 is 82.3 Å². The van der Waals surface area contributed by atoms with Crippen LogP contribution in [0.3, 0.4) is 0 Å². The number of ether oxygens (including phenoxy) is 2.